The van der Waals surface area contributed by atoms with Crippen molar-refractivity contribution >= 4 is 20.4 Å². The second-order valence-corrected chi connectivity index (χ2v) is 3.05. The van der Waals surface area contributed by atoms with Crippen LogP contribution in [0.15, 0.2) is 12.7 Å². The monoisotopic (exact) mass is 447 g/mol. The molecule has 0 aromatic carbocycles. The molecule has 0 fully saturated rings. The number of hydrogen-bond acceptors (Lipinski definition) is 4. The third-order valence-corrected chi connectivity index (χ3v) is 2.09. The Kier molecular flexibility index (Phi) is 5.14. The predicted octanol–water partition coefficient (Wildman–Crippen LogP) is 1.10. The van der Waals surface area contributed by atoms with Crippen molar-refractivity contribution in [1.82, 2.24) is 19.5 Å². The minimum atomic E-state index is 0. The maximum Gasteiger partial charge on any atom is 0.181 e. The van der Waals surface area contributed by atoms with Gasteiger partial charge in [-0.2, -0.15) is 6.35 Å². The van der Waals surface area contributed by atoms with Crippen LogP contribution in [0.2, 0.25) is 0 Å². The molecule has 1 atom stereocenters. The number of ether oxygens (including phenoxy) is 1. The van der Waals surface area contributed by atoms with Crippen LogP contribution in [-0.4, -0.2) is 19.5 Å². The first-order chi connectivity index (χ1) is 6.83. The average molecular weight is 447 g/mol. The van der Waals surface area contributed by atoms with Crippen LogP contribution in [0.3, 0.4) is 0 Å². The Labute approximate surface area is 114 Å². The number of rotatable bonds is 3. The molecular formula is C8H10N4OPU-. The van der Waals surface area contributed by atoms with Crippen LogP contribution in [0, 0.1) is 44.4 Å². The molecule has 78 valence electrons. The molecule has 1 unspecified atom stereocenters. The van der Waals surface area contributed by atoms with Crippen LogP contribution >= 0.6 is 9.24 Å². The molecule has 0 saturated heterocycles. The quantitative estimate of drug-likeness (QED) is 0.523. The van der Waals surface area contributed by atoms with E-state index in [4.69, 9.17) is 4.74 Å². The zero-order valence-corrected chi connectivity index (χ0v) is 13.5. The summed E-state index contributed by atoms with van der Waals surface area (Å²) in [5, 5.41) is 0. The maximum atomic E-state index is 5.15. The third-order valence-electron chi connectivity index (χ3n) is 1.90. The molecule has 2 aromatic rings. The number of aryl methyl sites for hydroxylation is 1. The minimum absolute atomic E-state index is 0. The number of fused-ring (bicyclic) bond motifs is 1. The molecule has 2 rings (SSSR count). The summed E-state index contributed by atoms with van der Waals surface area (Å²) >= 11 is 0. The van der Waals surface area contributed by atoms with Crippen molar-refractivity contribution in [3.63, 3.8) is 0 Å². The SMILES string of the molecule is Cc1ncnc2ncn(CO[CH-]P)c12.[U]. The maximum absolute atomic E-state index is 5.15. The van der Waals surface area contributed by atoms with Crippen LogP contribution in [0.5, 0.6) is 0 Å². The number of aromatic nitrogens is 4. The van der Waals surface area contributed by atoms with Crippen LogP contribution in [0.25, 0.3) is 11.2 Å². The van der Waals surface area contributed by atoms with Crippen LogP contribution in [-0.2, 0) is 11.5 Å². The van der Waals surface area contributed by atoms with Crippen LogP contribution < -0.4 is 0 Å². The first-order valence-electron chi connectivity index (χ1n) is 4.10. The van der Waals surface area contributed by atoms with Gasteiger partial charge in [0.1, 0.15) is 11.8 Å². The zero-order chi connectivity index (χ0) is 9.97. The molecule has 0 aliphatic rings. The van der Waals surface area contributed by atoms with Crippen molar-refractivity contribution < 1.29 is 35.9 Å². The van der Waals surface area contributed by atoms with Crippen molar-refractivity contribution in [3.05, 3.63) is 24.7 Å². The van der Waals surface area contributed by atoms with E-state index in [1.807, 2.05) is 11.5 Å². The molecule has 0 spiro atoms. The molecular weight excluding hydrogens is 437 g/mol. The smallest absolute Gasteiger partial charge is 0.181 e. The number of imidazole rings is 1. The van der Waals surface area contributed by atoms with Gasteiger partial charge in [0.25, 0.3) is 0 Å². The third kappa shape index (κ3) is 2.76. The summed E-state index contributed by atoms with van der Waals surface area (Å²) in [5.41, 5.74) is 2.52. The Hall–Kier alpha value is -0.00805. The van der Waals surface area contributed by atoms with Crippen molar-refractivity contribution in [1.29, 1.82) is 0 Å². The molecule has 0 amide bonds. The van der Waals surface area contributed by atoms with E-state index in [1.165, 1.54) is 6.33 Å². The molecule has 7 heteroatoms. The van der Waals surface area contributed by atoms with Crippen molar-refractivity contribution in [2.75, 3.05) is 0 Å². The van der Waals surface area contributed by atoms with E-state index in [0.717, 1.165) is 11.2 Å². The van der Waals surface area contributed by atoms with E-state index in [2.05, 4.69) is 24.2 Å². The van der Waals surface area contributed by atoms with Crippen molar-refractivity contribution in [3.8, 4) is 0 Å². The summed E-state index contributed by atoms with van der Waals surface area (Å²) < 4.78 is 7.01. The van der Waals surface area contributed by atoms with E-state index in [-0.39, 0.29) is 31.1 Å². The summed E-state index contributed by atoms with van der Waals surface area (Å²) in [5.74, 6) is 0. The molecule has 0 aliphatic carbocycles. The standard InChI is InChI=1S/C8H10N4OP.U/c1-6-7-8(10-2-9-6)11-3-12(7)4-13-5-14;/h2-3,5H,4,14H2,1H3;/q-1;. The normalized spacial score (nSPS) is 10.3. The summed E-state index contributed by atoms with van der Waals surface area (Å²) in [4.78, 5) is 12.3. The Balaban J connectivity index is 0.00000112. The fourth-order valence-corrected chi connectivity index (χ4v) is 1.37. The molecule has 0 saturated carbocycles. The van der Waals surface area contributed by atoms with Gasteiger partial charge in [0.05, 0.1) is 18.8 Å². The van der Waals surface area contributed by atoms with E-state index in [0.29, 0.717) is 12.4 Å². The topological polar surface area (TPSA) is 52.8 Å². The molecule has 15 heavy (non-hydrogen) atoms. The largest absolute Gasteiger partial charge is 0.532 e. The van der Waals surface area contributed by atoms with E-state index in [1.54, 1.807) is 12.7 Å². The molecule has 0 bridgehead atoms. The van der Waals surface area contributed by atoms with Gasteiger partial charge in [0, 0.05) is 31.1 Å². The zero-order valence-electron chi connectivity index (χ0n) is 8.21. The molecule has 5 nitrogen and oxygen atoms in total. The molecule has 0 N–H and O–H groups in total. The summed E-state index contributed by atoms with van der Waals surface area (Å²) in [6.07, 6.45) is 4.77. The van der Waals surface area contributed by atoms with Gasteiger partial charge in [0.15, 0.2) is 5.65 Å². The average Bonchev–Trinajstić information content (AvgIpc) is 2.59. The second-order valence-electron chi connectivity index (χ2n) is 2.78. The van der Waals surface area contributed by atoms with Crippen molar-refractivity contribution in [2.45, 2.75) is 13.7 Å². The van der Waals surface area contributed by atoms with Gasteiger partial charge < -0.3 is 9.30 Å². The fraction of sp³-hybridized carbons (Fsp3) is 0.250. The predicted molar refractivity (Wildman–Crippen MR) is 55.2 cm³/mol. The fourth-order valence-electron chi connectivity index (χ4n) is 1.29. The number of hydrogen-bond donors (Lipinski definition) is 0. The van der Waals surface area contributed by atoms with Crippen LogP contribution in [0.4, 0.5) is 0 Å². The van der Waals surface area contributed by atoms with E-state index >= 15 is 0 Å². The van der Waals surface area contributed by atoms with Gasteiger partial charge in [-0.05, 0) is 6.92 Å². The molecule has 2 aromatic heterocycles. The Morgan fingerprint density at radius 1 is 1.47 bits per heavy atom. The molecule has 2 heterocycles. The summed E-state index contributed by atoms with van der Waals surface area (Å²) in [7, 11) is 2.38. The van der Waals surface area contributed by atoms with Gasteiger partial charge in [-0.3, -0.25) is 9.24 Å². The van der Waals surface area contributed by atoms with Crippen LogP contribution in [0.1, 0.15) is 5.69 Å². The Morgan fingerprint density at radius 3 is 3.00 bits per heavy atom. The van der Waals surface area contributed by atoms with Crippen molar-refractivity contribution in [2.24, 2.45) is 0 Å². The van der Waals surface area contributed by atoms with Gasteiger partial charge in [-0.1, -0.05) is 0 Å². The van der Waals surface area contributed by atoms with E-state index < -0.39 is 0 Å². The first kappa shape index (κ1) is 13.1. The Bertz CT molecular complexity index is 447. The minimum Gasteiger partial charge on any atom is -0.532 e. The summed E-state index contributed by atoms with van der Waals surface area (Å²) in [6, 6.07) is 0. The summed E-state index contributed by atoms with van der Waals surface area (Å²) in [6.45, 7) is 2.35. The second kappa shape index (κ2) is 5.91. The van der Waals surface area contributed by atoms with Gasteiger partial charge in [0.2, 0.25) is 0 Å². The van der Waals surface area contributed by atoms with Gasteiger partial charge >= 0.3 is 0 Å². The number of nitrogens with zero attached hydrogens (tertiary/aromatic N) is 4. The molecule has 0 radical (unpaired) electrons. The Morgan fingerprint density at radius 2 is 2.27 bits per heavy atom. The van der Waals surface area contributed by atoms with Gasteiger partial charge in [-0.25, -0.2) is 15.0 Å². The molecule has 0 aliphatic heterocycles. The van der Waals surface area contributed by atoms with Gasteiger partial charge in [-0.15, -0.1) is 0 Å². The first-order valence-corrected chi connectivity index (χ1v) is 4.77. The van der Waals surface area contributed by atoms with E-state index in [9.17, 15) is 0 Å².